The van der Waals surface area contributed by atoms with Gasteiger partial charge in [-0.05, 0) is 25.7 Å². The van der Waals surface area contributed by atoms with Crippen molar-refractivity contribution >= 4 is 0 Å². The van der Waals surface area contributed by atoms with Crippen LogP contribution in [-0.2, 0) is 4.74 Å². The largest absolute Gasteiger partial charge is 0.385 e. The summed E-state index contributed by atoms with van der Waals surface area (Å²) in [7, 11) is 1.76. The molecule has 0 aliphatic rings. The lowest BCUT2D eigenvalue weighted by atomic mass is 10.2. The zero-order valence-electron chi connectivity index (χ0n) is 7.81. The van der Waals surface area contributed by atoms with Crippen LogP contribution in [0, 0.1) is 0 Å². The van der Waals surface area contributed by atoms with Crippen molar-refractivity contribution in [3.63, 3.8) is 0 Å². The van der Waals surface area contributed by atoms with Crippen LogP contribution in [0.2, 0.25) is 0 Å². The molecule has 0 radical (unpaired) electrons. The van der Waals surface area contributed by atoms with E-state index in [4.69, 9.17) is 4.74 Å². The number of hydrogen-bond acceptors (Lipinski definition) is 1. The molecule has 0 saturated heterocycles. The lowest BCUT2D eigenvalue weighted by Gasteiger charge is -1.96. The van der Waals surface area contributed by atoms with Gasteiger partial charge >= 0.3 is 0 Å². The van der Waals surface area contributed by atoms with Gasteiger partial charge in [0.05, 0.1) is 0 Å². The summed E-state index contributed by atoms with van der Waals surface area (Å²) < 4.78 is 4.95. The van der Waals surface area contributed by atoms with Crippen LogP contribution in [0.3, 0.4) is 0 Å². The molecule has 1 nitrogen and oxygen atoms in total. The molecule has 0 aliphatic heterocycles. The molecule has 0 spiro atoms. The van der Waals surface area contributed by atoms with E-state index in [1.807, 2.05) is 0 Å². The van der Waals surface area contributed by atoms with Crippen LogP contribution in [-0.4, -0.2) is 13.7 Å². The van der Waals surface area contributed by atoms with Crippen molar-refractivity contribution in [3.05, 3.63) is 12.2 Å². The fourth-order valence-corrected chi connectivity index (χ4v) is 0.970. The molecule has 0 aromatic rings. The van der Waals surface area contributed by atoms with Gasteiger partial charge in [-0.3, -0.25) is 0 Å². The van der Waals surface area contributed by atoms with Crippen molar-refractivity contribution in [2.24, 2.45) is 0 Å². The van der Waals surface area contributed by atoms with E-state index in [0.717, 1.165) is 13.0 Å². The molecule has 0 heterocycles. The van der Waals surface area contributed by atoms with Gasteiger partial charge in [0.2, 0.25) is 0 Å². The maximum Gasteiger partial charge on any atom is 0.0462 e. The summed E-state index contributed by atoms with van der Waals surface area (Å²) in [4.78, 5) is 0. The molecule has 0 unspecified atom stereocenters. The maximum atomic E-state index is 4.95. The molecule has 0 bridgehead atoms. The van der Waals surface area contributed by atoms with Crippen molar-refractivity contribution < 1.29 is 4.74 Å². The second kappa shape index (κ2) is 9.70. The van der Waals surface area contributed by atoms with E-state index in [2.05, 4.69) is 19.1 Å². The number of unbranched alkanes of at least 4 members (excludes halogenated alkanes) is 3. The van der Waals surface area contributed by atoms with Crippen LogP contribution >= 0.6 is 0 Å². The summed E-state index contributed by atoms with van der Waals surface area (Å²) in [5.41, 5.74) is 0. The SMILES string of the molecule is CC/C=C/CCCCCOC. The molecular weight excluding hydrogens is 136 g/mol. The molecule has 0 amide bonds. The van der Waals surface area contributed by atoms with E-state index in [1.54, 1.807) is 7.11 Å². The van der Waals surface area contributed by atoms with Gasteiger partial charge in [0.1, 0.15) is 0 Å². The van der Waals surface area contributed by atoms with Crippen molar-refractivity contribution in [3.8, 4) is 0 Å². The number of allylic oxidation sites excluding steroid dienone is 2. The van der Waals surface area contributed by atoms with E-state index in [0.29, 0.717) is 0 Å². The molecular formula is C10H20O. The van der Waals surface area contributed by atoms with Crippen molar-refractivity contribution in [2.45, 2.75) is 39.0 Å². The Morgan fingerprint density at radius 2 is 1.91 bits per heavy atom. The van der Waals surface area contributed by atoms with Gasteiger partial charge < -0.3 is 4.74 Å². The molecule has 1 heteroatoms. The van der Waals surface area contributed by atoms with Crippen molar-refractivity contribution in [1.29, 1.82) is 0 Å². The van der Waals surface area contributed by atoms with E-state index < -0.39 is 0 Å². The first-order valence-corrected chi connectivity index (χ1v) is 4.55. The lowest BCUT2D eigenvalue weighted by Crippen LogP contribution is -1.87. The fourth-order valence-electron chi connectivity index (χ4n) is 0.970. The number of rotatable bonds is 7. The summed E-state index contributed by atoms with van der Waals surface area (Å²) >= 11 is 0. The van der Waals surface area contributed by atoms with Crippen molar-refractivity contribution in [2.75, 3.05) is 13.7 Å². The molecule has 0 fully saturated rings. The van der Waals surface area contributed by atoms with Crippen LogP contribution in [0.4, 0.5) is 0 Å². The highest BCUT2D eigenvalue weighted by atomic mass is 16.5. The van der Waals surface area contributed by atoms with E-state index in [1.165, 1.54) is 25.7 Å². The smallest absolute Gasteiger partial charge is 0.0462 e. The first-order valence-electron chi connectivity index (χ1n) is 4.55. The normalized spacial score (nSPS) is 11.1. The number of methoxy groups -OCH3 is 1. The summed E-state index contributed by atoms with van der Waals surface area (Å²) in [6.07, 6.45) is 10.7. The third-order valence-corrected chi connectivity index (χ3v) is 1.62. The van der Waals surface area contributed by atoms with Crippen LogP contribution in [0.1, 0.15) is 39.0 Å². The zero-order valence-corrected chi connectivity index (χ0v) is 7.81. The van der Waals surface area contributed by atoms with Gasteiger partial charge in [-0.1, -0.05) is 25.5 Å². The minimum Gasteiger partial charge on any atom is -0.385 e. The highest BCUT2D eigenvalue weighted by Crippen LogP contribution is 2.00. The van der Waals surface area contributed by atoms with Gasteiger partial charge in [-0.2, -0.15) is 0 Å². The fraction of sp³-hybridized carbons (Fsp3) is 0.800. The second-order valence-electron chi connectivity index (χ2n) is 2.72. The monoisotopic (exact) mass is 156 g/mol. The predicted molar refractivity (Wildman–Crippen MR) is 49.8 cm³/mol. The Hall–Kier alpha value is -0.300. The topological polar surface area (TPSA) is 9.23 Å². The summed E-state index contributed by atoms with van der Waals surface area (Å²) in [5, 5.41) is 0. The van der Waals surface area contributed by atoms with Crippen LogP contribution in [0.15, 0.2) is 12.2 Å². The summed E-state index contributed by atoms with van der Waals surface area (Å²) in [6, 6.07) is 0. The molecule has 0 aliphatic carbocycles. The van der Waals surface area contributed by atoms with Gasteiger partial charge in [-0.25, -0.2) is 0 Å². The molecule has 0 aromatic carbocycles. The first kappa shape index (κ1) is 10.7. The van der Waals surface area contributed by atoms with Gasteiger partial charge in [0, 0.05) is 13.7 Å². The predicted octanol–water partition coefficient (Wildman–Crippen LogP) is 3.16. The highest BCUT2D eigenvalue weighted by Gasteiger charge is 1.85. The third kappa shape index (κ3) is 9.70. The molecule has 0 N–H and O–H groups in total. The molecule has 0 saturated carbocycles. The third-order valence-electron chi connectivity index (χ3n) is 1.62. The zero-order chi connectivity index (χ0) is 8.36. The first-order chi connectivity index (χ1) is 5.41. The second-order valence-corrected chi connectivity index (χ2v) is 2.72. The van der Waals surface area contributed by atoms with Gasteiger partial charge in [0.25, 0.3) is 0 Å². The summed E-state index contributed by atoms with van der Waals surface area (Å²) in [6.45, 7) is 3.08. The Morgan fingerprint density at radius 1 is 1.09 bits per heavy atom. The average molecular weight is 156 g/mol. The molecule has 66 valence electrons. The number of hydrogen-bond donors (Lipinski definition) is 0. The number of ether oxygens (including phenoxy) is 1. The molecule has 0 rings (SSSR count). The average Bonchev–Trinajstić information content (AvgIpc) is 2.03. The Balaban J connectivity index is 2.85. The standard InChI is InChI=1S/C10H20O/c1-3-4-5-6-7-8-9-10-11-2/h4-5H,3,6-10H2,1-2H3/b5-4+. The lowest BCUT2D eigenvalue weighted by molar-refractivity contribution is 0.192. The minimum absolute atomic E-state index is 0.914. The Labute approximate surface area is 70.4 Å². The van der Waals surface area contributed by atoms with E-state index in [9.17, 15) is 0 Å². The van der Waals surface area contributed by atoms with E-state index in [-0.39, 0.29) is 0 Å². The minimum atomic E-state index is 0.914. The Bertz CT molecular complexity index is 86.9. The Morgan fingerprint density at radius 3 is 2.55 bits per heavy atom. The molecule has 11 heavy (non-hydrogen) atoms. The summed E-state index contributed by atoms with van der Waals surface area (Å²) in [5.74, 6) is 0. The quantitative estimate of drug-likeness (QED) is 0.406. The molecule has 0 atom stereocenters. The van der Waals surface area contributed by atoms with Crippen LogP contribution in [0.25, 0.3) is 0 Å². The maximum absolute atomic E-state index is 4.95. The van der Waals surface area contributed by atoms with Gasteiger partial charge in [-0.15, -0.1) is 0 Å². The van der Waals surface area contributed by atoms with E-state index >= 15 is 0 Å². The van der Waals surface area contributed by atoms with Crippen molar-refractivity contribution in [1.82, 2.24) is 0 Å². The molecule has 0 aromatic heterocycles. The van der Waals surface area contributed by atoms with Crippen LogP contribution < -0.4 is 0 Å². The highest BCUT2D eigenvalue weighted by molar-refractivity contribution is 4.79. The van der Waals surface area contributed by atoms with Gasteiger partial charge in [0.15, 0.2) is 0 Å². The Kier molecular flexibility index (Phi) is 9.44. The van der Waals surface area contributed by atoms with Crippen LogP contribution in [0.5, 0.6) is 0 Å².